The summed E-state index contributed by atoms with van der Waals surface area (Å²) in [5.74, 6) is 0.190. The van der Waals surface area contributed by atoms with E-state index in [9.17, 15) is 4.79 Å². The SMILES string of the molecule is CC(C)N(C(=O)Cc1csc(-c2cccnc2)n1)C1CC1. The molecule has 5 heteroatoms. The molecule has 0 atom stereocenters. The molecule has 2 aromatic heterocycles. The Hall–Kier alpha value is -1.75. The van der Waals surface area contributed by atoms with Gasteiger partial charge in [-0.15, -0.1) is 11.3 Å². The van der Waals surface area contributed by atoms with Gasteiger partial charge in [-0.05, 0) is 38.8 Å². The molecule has 0 spiro atoms. The van der Waals surface area contributed by atoms with E-state index in [1.165, 1.54) is 0 Å². The molecule has 2 heterocycles. The number of thiazole rings is 1. The van der Waals surface area contributed by atoms with Crippen LogP contribution in [0.15, 0.2) is 29.9 Å². The summed E-state index contributed by atoms with van der Waals surface area (Å²) < 4.78 is 0. The van der Waals surface area contributed by atoms with Crippen LogP contribution in [-0.4, -0.2) is 32.9 Å². The third-order valence-corrected chi connectivity index (χ3v) is 4.52. The van der Waals surface area contributed by atoms with Crippen molar-refractivity contribution in [3.63, 3.8) is 0 Å². The highest BCUT2D eigenvalue weighted by molar-refractivity contribution is 7.13. The maximum absolute atomic E-state index is 12.5. The van der Waals surface area contributed by atoms with Gasteiger partial charge in [0.2, 0.25) is 5.91 Å². The van der Waals surface area contributed by atoms with E-state index in [0.29, 0.717) is 12.5 Å². The molecule has 1 amide bonds. The van der Waals surface area contributed by atoms with Crippen LogP contribution in [0.3, 0.4) is 0 Å². The van der Waals surface area contributed by atoms with Crippen molar-refractivity contribution in [2.75, 3.05) is 0 Å². The summed E-state index contributed by atoms with van der Waals surface area (Å²) in [7, 11) is 0. The van der Waals surface area contributed by atoms with Crippen molar-refractivity contribution < 1.29 is 4.79 Å². The third-order valence-electron chi connectivity index (χ3n) is 3.58. The number of amides is 1. The van der Waals surface area contributed by atoms with E-state index in [1.807, 2.05) is 22.4 Å². The van der Waals surface area contributed by atoms with Gasteiger partial charge >= 0.3 is 0 Å². The van der Waals surface area contributed by atoms with Crippen molar-refractivity contribution >= 4 is 17.2 Å². The fraction of sp³-hybridized carbons (Fsp3) is 0.438. The second kappa shape index (κ2) is 5.93. The van der Waals surface area contributed by atoms with Crippen LogP contribution >= 0.6 is 11.3 Å². The maximum atomic E-state index is 12.5. The predicted octanol–water partition coefficient (Wildman–Crippen LogP) is 3.15. The second-order valence-corrected chi connectivity index (χ2v) is 6.55. The lowest BCUT2D eigenvalue weighted by atomic mass is 10.2. The van der Waals surface area contributed by atoms with Crippen LogP contribution in [0.5, 0.6) is 0 Å². The Kier molecular flexibility index (Phi) is 4.01. The molecule has 2 aromatic rings. The van der Waals surface area contributed by atoms with Crippen LogP contribution in [0.2, 0.25) is 0 Å². The molecule has 1 aliphatic carbocycles. The Morgan fingerprint density at radius 1 is 1.48 bits per heavy atom. The first-order chi connectivity index (χ1) is 10.1. The quantitative estimate of drug-likeness (QED) is 0.852. The van der Waals surface area contributed by atoms with Crippen LogP contribution in [-0.2, 0) is 11.2 Å². The average molecular weight is 301 g/mol. The zero-order valence-electron chi connectivity index (χ0n) is 12.3. The monoisotopic (exact) mass is 301 g/mol. The number of nitrogens with zero attached hydrogens (tertiary/aromatic N) is 3. The summed E-state index contributed by atoms with van der Waals surface area (Å²) >= 11 is 1.57. The number of rotatable bonds is 5. The van der Waals surface area contributed by atoms with Crippen molar-refractivity contribution in [3.8, 4) is 10.6 Å². The van der Waals surface area contributed by atoms with Crippen molar-refractivity contribution in [1.29, 1.82) is 0 Å². The molecule has 0 radical (unpaired) electrons. The van der Waals surface area contributed by atoms with E-state index >= 15 is 0 Å². The largest absolute Gasteiger partial charge is 0.337 e. The Balaban J connectivity index is 1.71. The zero-order chi connectivity index (χ0) is 14.8. The normalized spacial score (nSPS) is 14.4. The lowest BCUT2D eigenvalue weighted by molar-refractivity contribution is -0.132. The van der Waals surface area contributed by atoms with Gasteiger partial charge in [0.05, 0.1) is 12.1 Å². The molecule has 110 valence electrons. The van der Waals surface area contributed by atoms with Gasteiger partial charge in [-0.25, -0.2) is 4.98 Å². The molecule has 0 aliphatic heterocycles. The minimum Gasteiger partial charge on any atom is -0.337 e. The number of carbonyl (C=O) groups is 1. The van der Waals surface area contributed by atoms with E-state index in [4.69, 9.17) is 0 Å². The maximum Gasteiger partial charge on any atom is 0.229 e. The molecule has 0 saturated heterocycles. The van der Waals surface area contributed by atoms with Crippen LogP contribution in [0.1, 0.15) is 32.4 Å². The highest BCUT2D eigenvalue weighted by atomic mass is 32.1. The van der Waals surface area contributed by atoms with Gasteiger partial charge in [-0.1, -0.05) is 0 Å². The van der Waals surface area contributed by atoms with Crippen LogP contribution < -0.4 is 0 Å². The van der Waals surface area contributed by atoms with Gasteiger partial charge in [0.15, 0.2) is 0 Å². The molecule has 0 aromatic carbocycles. The summed E-state index contributed by atoms with van der Waals surface area (Å²) in [6, 6.07) is 4.60. The smallest absolute Gasteiger partial charge is 0.229 e. The summed E-state index contributed by atoms with van der Waals surface area (Å²) in [6.45, 7) is 4.16. The lowest BCUT2D eigenvalue weighted by Gasteiger charge is -2.26. The summed E-state index contributed by atoms with van der Waals surface area (Å²) in [5.41, 5.74) is 1.86. The number of hydrogen-bond acceptors (Lipinski definition) is 4. The van der Waals surface area contributed by atoms with Crippen molar-refractivity contribution in [2.24, 2.45) is 0 Å². The van der Waals surface area contributed by atoms with Gasteiger partial charge in [0.25, 0.3) is 0 Å². The number of aromatic nitrogens is 2. The minimum atomic E-state index is 0.190. The van der Waals surface area contributed by atoms with Gasteiger partial charge in [0, 0.05) is 35.4 Å². The summed E-state index contributed by atoms with van der Waals surface area (Å²) in [5, 5.41) is 2.90. The molecule has 1 aliphatic rings. The highest BCUT2D eigenvalue weighted by Gasteiger charge is 2.34. The van der Waals surface area contributed by atoms with E-state index < -0.39 is 0 Å². The lowest BCUT2D eigenvalue weighted by Crippen LogP contribution is -2.39. The molecule has 0 bridgehead atoms. The molecular weight excluding hydrogens is 282 g/mol. The zero-order valence-corrected chi connectivity index (χ0v) is 13.1. The molecule has 4 nitrogen and oxygen atoms in total. The van der Waals surface area contributed by atoms with Crippen molar-refractivity contribution in [1.82, 2.24) is 14.9 Å². The van der Waals surface area contributed by atoms with E-state index in [-0.39, 0.29) is 11.9 Å². The molecule has 1 saturated carbocycles. The van der Waals surface area contributed by atoms with Gasteiger partial charge in [0.1, 0.15) is 5.01 Å². The first-order valence-electron chi connectivity index (χ1n) is 7.31. The van der Waals surface area contributed by atoms with Gasteiger partial charge < -0.3 is 4.90 Å². The fourth-order valence-electron chi connectivity index (χ4n) is 2.52. The topological polar surface area (TPSA) is 46.1 Å². The third kappa shape index (κ3) is 3.29. The second-order valence-electron chi connectivity index (χ2n) is 5.69. The molecule has 1 fully saturated rings. The van der Waals surface area contributed by atoms with Crippen LogP contribution in [0, 0.1) is 0 Å². The first kappa shape index (κ1) is 14.2. The van der Waals surface area contributed by atoms with Crippen LogP contribution in [0.4, 0.5) is 0 Å². The Bertz CT molecular complexity index is 617. The van der Waals surface area contributed by atoms with Crippen molar-refractivity contribution in [3.05, 3.63) is 35.6 Å². The van der Waals surface area contributed by atoms with E-state index in [0.717, 1.165) is 29.1 Å². The van der Waals surface area contributed by atoms with Crippen LogP contribution in [0.25, 0.3) is 10.6 Å². The highest BCUT2D eigenvalue weighted by Crippen LogP contribution is 2.29. The molecule has 0 unspecified atom stereocenters. The standard InChI is InChI=1S/C16H19N3OS/c1-11(2)19(14-5-6-14)15(20)8-13-10-21-16(18-13)12-4-3-7-17-9-12/h3-4,7,9-11,14H,5-6,8H2,1-2H3. The summed E-state index contributed by atoms with van der Waals surface area (Å²) in [6.07, 6.45) is 6.22. The molecule has 0 N–H and O–H groups in total. The van der Waals surface area contributed by atoms with Gasteiger partial charge in [-0.2, -0.15) is 0 Å². The molecular formula is C16H19N3OS. The number of hydrogen-bond donors (Lipinski definition) is 0. The minimum absolute atomic E-state index is 0.190. The Morgan fingerprint density at radius 3 is 2.90 bits per heavy atom. The summed E-state index contributed by atoms with van der Waals surface area (Å²) in [4.78, 5) is 23.2. The van der Waals surface area contributed by atoms with Gasteiger partial charge in [-0.3, -0.25) is 9.78 Å². The Morgan fingerprint density at radius 2 is 2.29 bits per heavy atom. The average Bonchev–Trinajstić information content (AvgIpc) is 3.17. The van der Waals surface area contributed by atoms with Crippen molar-refractivity contribution in [2.45, 2.75) is 45.2 Å². The fourth-order valence-corrected chi connectivity index (χ4v) is 3.33. The number of pyridine rings is 1. The molecule has 3 rings (SSSR count). The number of carbonyl (C=O) groups excluding carboxylic acids is 1. The van der Waals surface area contributed by atoms with E-state index in [1.54, 1.807) is 23.7 Å². The first-order valence-corrected chi connectivity index (χ1v) is 8.19. The van der Waals surface area contributed by atoms with E-state index in [2.05, 4.69) is 23.8 Å². The molecule has 21 heavy (non-hydrogen) atoms. The predicted molar refractivity (Wildman–Crippen MR) is 84.1 cm³/mol. The Labute approximate surface area is 128 Å².